The molecule has 2 aromatic carbocycles. The van der Waals surface area contributed by atoms with Gasteiger partial charge in [0.25, 0.3) is 0 Å². The first-order valence-electron chi connectivity index (χ1n) is 7.31. The van der Waals surface area contributed by atoms with Crippen LogP contribution in [-0.2, 0) is 22.3 Å². The summed E-state index contributed by atoms with van der Waals surface area (Å²) in [6, 6.07) is 13.3. The second kappa shape index (κ2) is 6.94. The Morgan fingerprint density at radius 1 is 1.08 bits per heavy atom. The SMILES string of the molecule is O=S(=O)(Cc1ccccc1F)NCc1ccc(-n2ccnc2)cc1. The molecule has 7 heteroatoms. The standard InChI is InChI=1S/C17H16FN3O2S/c18-17-4-2-1-3-15(17)12-24(22,23)20-11-14-5-7-16(8-6-14)21-10-9-19-13-21/h1-10,13,20H,11-12H2. The lowest BCUT2D eigenvalue weighted by molar-refractivity contribution is 0.574. The number of halogens is 1. The molecule has 3 aromatic rings. The van der Waals surface area contributed by atoms with Gasteiger partial charge in [-0.15, -0.1) is 0 Å². The molecule has 0 bridgehead atoms. The summed E-state index contributed by atoms with van der Waals surface area (Å²) in [7, 11) is -3.61. The maximum Gasteiger partial charge on any atom is 0.216 e. The van der Waals surface area contributed by atoms with E-state index in [0.29, 0.717) is 0 Å². The van der Waals surface area contributed by atoms with Crippen LogP contribution in [0.4, 0.5) is 4.39 Å². The fourth-order valence-electron chi connectivity index (χ4n) is 2.26. The van der Waals surface area contributed by atoms with Crippen LogP contribution in [0.3, 0.4) is 0 Å². The van der Waals surface area contributed by atoms with Crippen molar-refractivity contribution in [3.05, 3.63) is 84.2 Å². The third-order valence-corrected chi connectivity index (χ3v) is 4.81. The van der Waals surface area contributed by atoms with Crippen LogP contribution in [0.2, 0.25) is 0 Å². The first-order valence-corrected chi connectivity index (χ1v) is 8.97. The van der Waals surface area contributed by atoms with Crippen molar-refractivity contribution in [2.45, 2.75) is 12.3 Å². The molecule has 0 unspecified atom stereocenters. The number of imidazole rings is 1. The molecule has 0 saturated heterocycles. The van der Waals surface area contributed by atoms with E-state index in [1.807, 2.05) is 35.0 Å². The molecule has 3 rings (SSSR count). The molecule has 1 aromatic heterocycles. The molecule has 0 spiro atoms. The van der Waals surface area contributed by atoms with E-state index in [1.165, 1.54) is 18.2 Å². The van der Waals surface area contributed by atoms with Crippen molar-refractivity contribution in [3.63, 3.8) is 0 Å². The first-order chi connectivity index (χ1) is 11.5. The van der Waals surface area contributed by atoms with Crippen LogP contribution < -0.4 is 4.72 Å². The highest BCUT2D eigenvalue weighted by molar-refractivity contribution is 7.88. The number of hydrogen-bond acceptors (Lipinski definition) is 3. The molecule has 0 aliphatic carbocycles. The van der Waals surface area contributed by atoms with Gasteiger partial charge in [0, 0.05) is 30.2 Å². The second-order valence-electron chi connectivity index (χ2n) is 5.31. The summed E-state index contributed by atoms with van der Waals surface area (Å²) in [6.07, 6.45) is 5.20. The monoisotopic (exact) mass is 345 g/mol. The maximum absolute atomic E-state index is 13.6. The zero-order chi connectivity index (χ0) is 17.0. The Labute approximate surface area is 139 Å². The van der Waals surface area contributed by atoms with Crippen LogP contribution in [-0.4, -0.2) is 18.0 Å². The fraction of sp³-hybridized carbons (Fsp3) is 0.118. The highest BCUT2D eigenvalue weighted by Gasteiger charge is 2.14. The lowest BCUT2D eigenvalue weighted by Crippen LogP contribution is -2.25. The first kappa shape index (κ1) is 16.4. The quantitative estimate of drug-likeness (QED) is 0.747. The highest BCUT2D eigenvalue weighted by Crippen LogP contribution is 2.12. The third-order valence-electron chi connectivity index (χ3n) is 3.54. The summed E-state index contributed by atoms with van der Waals surface area (Å²) >= 11 is 0. The summed E-state index contributed by atoms with van der Waals surface area (Å²) in [5, 5.41) is 0. The molecule has 24 heavy (non-hydrogen) atoms. The van der Waals surface area contributed by atoms with Gasteiger partial charge in [0.15, 0.2) is 0 Å². The van der Waals surface area contributed by atoms with E-state index in [1.54, 1.807) is 18.6 Å². The molecule has 0 amide bonds. The Balaban J connectivity index is 1.63. The normalized spacial score (nSPS) is 11.5. The number of rotatable bonds is 6. The number of nitrogens with one attached hydrogen (secondary N) is 1. The minimum atomic E-state index is -3.61. The van der Waals surface area contributed by atoms with Crippen molar-refractivity contribution in [1.82, 2.24) is 14.3 Å². The van der Waals surface area contributed by atoms with Gasteiger partial charge in [-0.1, -0.05) is 30.3 Å². The minimum absolute atomic E-state index is 0.153. The van der Waals surface area contributed by atoms with Crippen LogP contribution in [0.25, 0.3) is 5.69 Å². The van der Waals surface area contributed by atoms with Gasteiger partial charge in [-0.25, -0.2) is 22.5 Å². The van der Waals surface area contributed by atoms with Crippen molar-refractivity contribution in [3.8, 4) is 5.69 Å². The van der Waals surface area contributed by atoms with E-state index in [-0.39, 0.29) is 17.9 Å². The molecule has 0 aliphatic heterocycles. The lowest BCUT2D eigenvalue weighted by atomic mass is 10.2. The number of hydrogen-bond donors (Lipinski definition) is 1. The van der Waals surface area contributed by atoms with Crippen molar-refractivity contribution < 1.29 is 12.8 Å². The average Bonchev–Trinajstić information content (AvgIpc) is 3.10. The van der Waals surface area contributed by atoms with E-state index in [0.717, 1.165) is 11.3 Å². The predicted molar refractivity (Wildman–Crippen MR) is 89.4 cm³/mol. The number of benzene rings is 2. The van der Waals surface area contributed by atoms with E-state index < -0.39 is 15.8 Å². The summed E-state index contributed by atoms with van der Waals surface area (Å²) in [5.41, 5.74) is 1.90. The largest absolute Gasteiger partial charge is 0.306 e. The molecule has 1 heterocycles. The van der Waals surface area contributed by atoms with Crippen molar-refractivity contribution in [2.75, 3.05) is 0 Å². The molecule has 0 radical (unpaired) electrons. The van der Waals surface area contributed by atoms with Crippen molar-refractivity contribution >= 4 is 10.0 Å². The Morgan fingerprint density at radius 3 is 2.50 bits per heavy atom. The van der Waals surface area contributed by atoms with E-state index in [4.69, 9.17) is 0 Å². The van der Waals surface area contributed by atoms with Crippen LogP contribution in [0.5, 0.6) is 0 Å². The van der Waals surface area contributed by atoms with Gasteiger partial charge in [-0.05, 0) is 23.8 Å². The molecule has 0 fully saturated rings. The predicted octanol–water partition coefficient (Wildman–Crippen LogP) is 2.63. The van der Waals surface area contributed by atoms with Crippen molar-refractivity contribution in [1.29, 1.82) is 0 Å². The molecule has 5 nitrogen and oxygen atoms in total. The van der Waals surface area contributed by atoms with Gasteiger partial charge >= 0.3 is 0 Å². The molecular weight excluding hydrogens is 329 g/mol. The van der Waals surface area contributed by atoms with E-state index >= 15 is 0 Å². The van der Waals surface area contributed by atoms with E-state index in [9.17, 15) is 12.8 Å². The van der Waals surface area contributed by atoms with Crippen LogP contribution >= 0.6 is 0 Å². The van der Waals surface area contributed by atoms with E-state index in [2.05, 4.69) is 9.71 Å². The van der Waals surface area contributed by atoms with Crippen molar-refractivity contribution in [2.24, 2.45) is 0 Å². The third kappa shape index (κ3) is 4.06. The summed E-state index contributed by atoms with van der Waals surface area (Å²) in [5.74, 6) is -0.903. The van der Waals surface area contributed by atoms with Gasteiger partial charge < -0.3 is 4.57 Å². The Hall–Kier alpha value is -2.51. The lowest BCUT2D eigenvalue weighted by Gasteiger charge is -2.08. The molecule has 1 N–H and O–H groups in total. The maximum atomic E-state index is 13.6. The van der Waals surface area contributed by atoms with Gasteiger partial charge in [0.05, 0.1) is 12.1 Å². The molecule has 0 atom stereocenters. The number of aromatic nitrogens is 2. The van der Waals surface area contributed by atoms with Gasteiger partial charge in [0.2, 0.25) is 10.0 Å². The molecular formula is C17H16FN3O2S. The zero-order valence-corrected chi connectivity index (χ0v) is 13.6. The average molecular weight is 345 g/mol. The summed E-state index contributed by atoms with van der Waals surface area (Å²) in [6.45, 7) is 0.154. The van der Waals surface area contributed by atoms with Gasteiger partial charge in [0.1, 0.15) is 5.82 Å². The highest BCUT2D eigenvalue weighted by atomic mass is 32.2. The van der Waals surface area contributed by atoms with Crippen LogP contribution in [0.1, 0.15) is 11.1 Å². The Morgan fingerprint density at radius 2 is 1.83 bits per heavy atom. The molecule has 0 saturated carbocycles. The molecule has 0 aliphatic rings. The summed E-state index contributed by atoms with van der Waals surface area (Å²) < 4.78 is 42.1. The van der Waals surface area contributed by atoms with Gasteiger partial charge in [-0.2, -0.15) is 0 Å². The Kier molecular flexibility index (Phi) is 4.73. The number of nitrogens with zero attached hydrogens (tertiary/aromatic N) is 2. The Bertz CT molecular complexity index is 907. The fourth-order valence-corrected chi connectivity index (χ4v) is 3.39. The second-order valence-corrected chi connectivity index (χ2v) is 7.11. The topological polar surface area (TPSA) is 64.0 Å². The summed E-state index contributed by atoms with van der Waals surface area (Å²) in [4.78, 5) is 3.98. The number of sulfonamides is 1. The minimum Gasteiger partial charge on any atom is -0.306 e. The van der Waals surface area contributed by atoms with Crippen LogP contribution in [0.15, 0.2) is 67.3 Å². The van der Waals surface area contributed by atoms with Crippen LogP contribution in [0, 0.1) is 5.82 Å². The van der Waals surface area contributed by atoms with Gasteiger partial charge in [-0.3, -0.25) is 0 Å². The smallest absolute Gasteiger partial charge is 0.216 e. The zero-order valence-electron chi connectivity index (χ0n) is 12.8. The molecule has 124 valence electrons.